The topological polar surface area (TPSA) is 87.1 Å². The molecule has 96 valence electrons. The molecule has 1 aliphatic heterocycles. The third kappa shape index (κ3) is 2.60. The van der Waals surface area contributed by atoms with Gasteiger partial charge in [-0.3, -0.25) is 0 Å². The monoisotopic (exact) mass is 251 g/mol. The van der Waals surface area contributed by atoms with Gasteiger partial charge in [0.1, 0.15) is 0 Å². The van der Waals surface area contributed by atoms with Crippen LogP contribution >= 0.6 is 0 Å². The van der Waals surface area contributed by atoms with Gasteiger partial charge in [0, 0.05) is 18.8 Å². The molecule has 0 atom stereocenters. The van der Waals surface area contributed by atoms with Crippen LogP contribution in [0.15, 0.2) is 18.2 Å². The van der Waals surface area contributed by atoms with E-state index in [-0.39, 0.29) is 11.1 Å². The zero-order valence-electron chi connectivity index (χ0n) is 9.63. The summed E-state index contributed by atoms with van der Waals surface area (Å²) in [5, 5.41) is 18.0. The zero-order chi connectivity index (χ0) is 13.1. The van der Waals surface area contributed by atoms with Crippen LogP contribution in [0.2, 0.25) is 0 Å². The first-order chi connectivity index (χ1) is 8.58. The molecule has 1 aliphatic rings. The smallest absolute Gasteiger partial charge is 0.335 e. The van der Waals surface area contributed by atoms with Gasteiger partial charge < -0.3 is 19.8 Å². The van der Waals surface area contributed by atoms with Crippen molar-refractivity contribution in [1.29, 1.82) is 0 Å². The number of aromatic carboxylic acids is 2. The molecule has 0 radical (unpaired) electrons. The summed E-state index contributed by atoms with van der Waals surface area (Å²) in [6.45, 7) is 2.36. The number of benzene rings is 1. The van der Waals surface area contributed by atoms with Gasteiger partial charge in [0.05, 0.1) is 24.3 Å². The van der Waals surface area contributed by atoms with Crippen LogP contribution in [0, 0.1) is 0 Å². The molecule has 1 aromatic rings. The van der Waals surface area contributed by atoms with Crippen molar-refractivity contribution in [2.24, 2.45) is 0 Å². The Morgan fingerprint density at radius 3 is 1.94 bits per heavy atom. The molecule has 2 N–H and O–H groups in total. The standard InChI is InChI=1S/C12H13NO5/c14-11(15)8-5-9(12(16)17)7-10(6-8)13-1-3-18-4-2-13/h5-7H,1-4H2,(H,14,15)(H,16,17). The molecule has 0 amide bonds. The fourth-order valence-corrected chi connectivity index (χ4v) is 1.86. The number of ether oxygens (including phenoxy) is 1. The highest BCUT2D eigenvalue weighted by atomic mass is 16.5. The lowest BCUT2D eigenvalue weighted by molar-refractivity contribution is 0.0696. The van der Waals surface area contributed by atoms with Gasteiger partial charge in [0.2, 0.25) is 0 Å². The molecular formula is C12H13NO5. The van der Waals surface area contributed by atoms with E-state index in [0.717, 1.165) is 6.07 Å². The van der Waals surface area contributed by atoms with Crippen LogP contribution in [0.4, 0.5) is 5.69 Å². The fraction of sp³-hybridized carbons (Fsp3) is 0.333. The SMILES string of the molecule is O=C(O)c1cc(C(=O)O)cc(N2CCOCC2)c1. The summed E-state index contributed by atoms with van der Waals surface area (Å²) in [4.78, 5) is 23.9. The summed E-state index contributed by atoms with van der Waals surface area (Å²) in [5.41, 5.74) is 0.573. The predicted molar refractivity (Wildman–Crippen MR) is 63.4 cm³/mol. The molecule has 18 heavy (non-hydrogen) atoms. The van der Waals surface area contributed by atoms with Crippen molar-refractivity contribution in [2.45, 2.75) is 0 Å². The van der Waals surface area contributed by atoms with E-state index in [1.54, 1.807) is 0 Å². The minimum Gasteiger partial charge on any atom is -0.478 e. The Bertz CT molecular complexity index is 447. The van der Waals surface area contributed by atoms with Crippen LogP contribution in [0.5, 0.6) is 0 Å². The van der Waals surface area contributed by atoms with Crippen LogP contribution in [0.25, 0.3) is 0 Å². The quantitative estimate of drug-likeness (QED) is 0.830. The second kappa shape index (κ2) is 5.05. The van der Waals surface area contributed by atoms with Gasteiger partial charge in [-0.15, -0.1) is 0 Å². The third-order valence-corrected chi connectivity index (χ3v) is 2.79. The second-order valence-electron chi connectivity index (χ2n) is 3.98. The normalized spacial score (nSPS) is 15.4. The number of carbonyl (C=O) groups is 2. The van der Waals surface area contributed by atoms with Crippen molar-refractivity contribution in [2.75, 3.05) is 31.2 Å². The summed E-state index contributed by atoms with van der Waals surface area (Å²) in [6, 6.07) is 4.13. The molecule has 1 fully saturated rings. The van der Waals surface area contributed by atoms with Crippen LogP contribution in [-0.2, 0) is 4.74 Å². The first-order valence-electron chi connectivity index (χ1n) is 5.52. The van der Waals surface area contributed by atoms with Gasteiger partial charge in [0.25, 0.3) is 0 Å². The summed E-state index contributed by atoms with van der Waals surface area (Å²) in [7, 11) is 0. The van der Waals surface area contributed by atoms with Gasteiger partial charge in [-0.05, 0) is 18.2 Å². The molecular weight excluding hydrogens is 238 g/mol. The molecule has 0 saturated carbocycles. The maximum Gasteiger partial charge on any atom is 0.335 e. The average Bonchev–Trinajstić information content (AvgIpc) is 2.39. The molecule has 0 aliphatic carbocycles. The number of hydrogen-bond acceptors (Lipinski definition) is 4. The van der Waals surface area contributed by atoms with E-state index in [9.17, 15) is 9.59 Å². The van der Waals surface area contributed by atoms with E-state index < -0.39 is 11.9 Å². The third-order valence-electron chi connectivity index (χ3n) is 2.79. The number of hydrogen-bond donors (Lipinski definition) is 2. The van der Waals surface area contributed by atoms with Crippen molar-refractivity contribution in [3.05, 3.63) is 29.3 Å². The molecule has 0 unspecified atom stereocenters. The van der Waals surface area contributed by atoms with Crippen LogP contribution in [0.3, 0.4) is 0 Å². The molecule has 0 aromatic heterocycles. The highest BCUT2D eigenvalue weighted by Crippen LogP contribution is 2.20. The summed E-state index contributed by atoms with van der Waals surface area (Å²) in [6.07, 6.45) is 0. The van der Waals surface area contributed by atoms with Gasteiger partial charge in [-0.1, -0.05) is 0 Å². The molecule has 1 saturated heterocycles. The minimum absolute atomic E-state index is 0.0172. The minimum atomic E-state index is -1.13. The van der Waals surface area contributed by atoms with Gasteiger partial charge in [-0.25, -0.2) is 9.59 Å². The van der Waals surface area contributed by atoms with Crippen molar-refractivity contribution < 1.29 is 24.5 Å². The molecule has 0 spiro atoms. The molecule has 2 rings (SSSR count). The maximum atomic E-state index is 11.0. The van der Waals surface area contributed by atoms with E-state index in [1.165, 1.54) is 12.1 Å². The van der Waals surface area contributed by atoms with Gasteiger partial charge >= 0.3 is 11.9 Å². The number of morpholine rings is 1. The van der Waals surface area contributed by atoms with E-state index in [4.69, 9.17) is 14.9 Å². The Morgan fingerprint density at radius 1 is 1.00 bits per heavy atom. The number of anilines is 1. The van der Waals surface area contributed by atoms with Crippen molar-refractivity contribution in [1.82, 2.24) is 0 Å². The lowest BCUT2D eigenvalue weighted by atomic mass is 10.1. The Labute approximate surface area is 103 Å². The highest BCUT2D eigenvalue weighted by Gasteiger charge is 2.16. The molecule has 1 aromatic carbocycles. The Hall–Kier alpha value is -2.08. The lowest BCUT2D eigenvalue weighted by Crippen LogP contribution is -2.36. The summed E-state index contributed by atoms with van der Waals surface area (Å²) in [5.74, 6) is -2.26. The van der Waals surface area contributed by atoms with E-state index in [0.29, 0.717) is 32.0 Å². The Balaban J connectivity index is 2.38. The van der Waals surface area contributed by atoms with Gasteiger partial charge in [-0.2, -0.15) is 0 Å². The second-order valence-corrected chi connectivity index (χ2v) is 3.98. The van der Waals surface area contributed by atoms with Gasteiger partial charge in [0.15, 0.2) is 0 Å². The number of rotatable bonds is 3. The zero-order valence-corrected chi connectivity index (χ0v) is 9.63. The Morgan fingerprint density at radius 2 is 1.50 bits per heavy atom. The molecule has 0 bridgehead atoms. The molecule has 6 nitrogen and oxygen atoms in total. The van der Waals surface area contributed by atoms with E-state index in [1.807, 2.05) is 4.90 Å². The Kier molecular flexibility index (Phi) is 3.47. The predicted octanol–water partition coefficient (Wildman–Crippen LogP) is 0.920. The first kappa shape index (κ1) is 12.4. The number of carboxylic acid groups (broad SMARTS) is 2. The van der Waals surface area contributed by atoms with Crippen LogP contribution < -0.4 is 4.90 Å². The first-order valence-corrected chi connectivity index (χ1v) is 5.52. The van der Waals surface area contributed by atoms with E-state index >= 15 is 0 Å². The summed E-state index contributed by atoms with van der Waals surface area (Å²) >= 11 is 0. The highest BCUT2D eigenvalue weighted by molar-refractivity contribution is 5.95. The lowest BCUT2D eigenvalue weighted by Gasteiger charge is -2.29. The maximum absolute atomic E-state index is 11.0. The van der Waals surface area contributed by atoms with Crippen LogP contribution in [0.1, 0.15) is 20.7 Å². The summed E-state index contributed by atoms with van der Waals surface area (Å²) < 4.78 is 5.20. The van der Waals surface area contributed by atoms with Crippen LogP contribution in [-0.4, -0.2) is 48.5 Å². The fourth-order valence-electron chi connectivity index (χ4n) is 1.86. The molecule has 1 heterocycles. The molecule has 6 heteroatoms. The average molecular weight is 251 g/mol. The van der Waals surface area contributed by atoms with E-state index in [2.05, 4.69) is 0 Å². The number of nitrogens with zero attached hydrogens (tertiary/aromatic N) is 1. The van der Waals surface area contributed by atoms with Crippen molar-refractivity contribution in [3.63, 3.8) is 0 Å². The van der Waals surface area contributed by atoms with Crippen molar-refractivity contribution >= 4 is 17.6 Å². The largest absolute Gasteiger partial charge is 0.478 e. The number of carboxylic acids is 2. The van der Waals surface area contributed by atoms with Crippen molar-refractivity contribution in [3.8, 4) is 0 Å².